The van der Waals surface area contributed by atoms with E-state index in [4.69, 9.17) is 9.47 Å². The van der Waals surface area contributed by atoms with E-state index in [9.17, 15) is 9.57 Å². The molecule has 0 fully saturated rings. The van der Waals surface area contributed by atoms with Crippen molar-refractivity contribution in [2.45, 2.75) is 55.5 Å². The van der Waals surface area contributed by atoms with Gasteiger partial charge in [-0.05, 0) is 77.5 Å². The van der Waals surface area contributed by atoms with Crippen molar-refractivity contribution in [2.75, 3.05) is 25.6 Å². The largest absolute Gasteiger partial charge is 0.476 e. The maximum Gasteiger partial charge on any atom is 0.406 e. The van der Waals surface area contributed by atoms with Crippen LogP contribution in [0.2, 0.25) is 0 Å². The van der Waals surface area contributed by atoms with Crippen LogP contribution in [0.15, 0.2) is 108 Å². The predicted octanol–water partition coefficient (Wildman–Crippen LogP) is 7.07. The van der Waals surface area contributed by atoms with E-state index in [-0.39, 0.29) is 29.9 Å². The minimum absolute atomic E-state index is 0.0194. The molecular formula is C41H42N6O5S. The molecule has 1 aliphatic heterocycles. The number of nitrogens with one attached hydrogen (secondary N) is 3. The number of aryl methyl sites for hydroxylation is 2. The average molecular weight is 731 g/mol. The first-order valence-corrected chi connectivity index (χ1v) is 19.6. The number of alkyl carbamates (subject to hydrolysis) is 1. The maximum absolute atomic E-state index is 15.9. The standard InChI is InChI=1S/C41H42N6O5S/c1-43-40(49)52-27-28-25-46-38(51-26-28)36(24-44-46)53(42,50)47(39(48)45-37-34-21-11-13-29(34)23-30-14-12-22-35(30)37)41(31-15-5-2-6-16-31,32-17-7-3-8-18-32)33-19-9-4-10-20-33/h2-10,15-20,23-24,28,42H,11-14,21-22,25-27H2,1H3,(H,43,49)(H,45,48). The number of urea groups is 1. The Hall–Kier alpha value is -5.62. The molecule has 12 heteroatoms. The third-order valence-electron chi connectivity index (χ3n) is 10.6. The molecule has 0 spiro atoms. The highest BCUT2D eigenvalue weighted by atomic mass is 32.2. The van der Waals surface area contributed by atoms with Crippen LogP contribution in [0.1, 0.15) is 51.8 Å². The number of aromatic nitrogens is 2. The van der Waals surface area contributed by atoms with Crippen molar-refractivity contribution in [1.82, 2.24) is 19.4 Å². The number of ether oxygens (including phenoxy) is 2. The lowest BCUT2D eigenvalue weighted by molar-refractivity contribution is 0.0805. The van der Waals surface area contributed by atoms with Gasteiger partial charge in [0.05, 0.1) is 19.3 Å². The second kappa shape index (κ2) is 14.1. The molecule has 3 aliphatic rings. The van der Waals surface area contributed by atoms with Crippen molar-refractivity contribution in [2.24, 2.45) is 5.92 Å². The Morgan fingerprint density at radius 3 is 1.98 bits per heavy atom. The highest BCUT2D eigenvalue weighted by Crippen LogP contribution is 2.48. The number of hydrogen-bond donors (Lipinski definition) is 3. The number of fused-ring (bicyclic) bond motifs is 3. The quantitative estimate of drug-likeness (QED) is 0.139. The molecule has 53 heavy (non-hydrogen) atoms. The molecule has 0 saturated heterocycles. The first kappa shape index (κ1) is 34.5. The average Bonchev–Trinajstić information content (AvgIpc) is 3.97. The normalized spacial score (nSPS) is 17.0. The molecule has 11 nitrogen and oxygen atoms in total. The van der Waals surface area contributed by atoms with Crippen LogP contribution in [0.3, 0.4) is 0 Å². The molecule has 0 radical (unpaired) electrons. The predicted molar refractivity (Wildman–Crippen MR) is 201 cm³/mol. The smallest absolute Gasteiger partial charge is 0.406 e. The van der Waals surface area contributed by atoms with Gasteiger partial charge in [0.1, 0.15) is 17.0 Å². The lowest BCUT2D eigenvalue weighted by Crippen LogP contribution is -2.55. The van der Waals surface area contributed by atoms with Gasteiger partial charge in [-0.15, -0.1) is 0 Å². The molecule has 3 N–H and O–H groups in total. The molecular weight excluding hydrogens is 689 g/mol. The van der Waals surface area contributed by atoms with Crippen molar-refractivity contribution >= 4 is 27.7 Å². The third kappa shape index (κ3) is 6.00. The second-order valence-corrected chi connectivity index (χ2v) is 15.7. The van der Waals surface area contributed by atoms with E-state index >= 15 is 9.00 Å². The topological polar surface area (TPSA) is 139 Å². The van der Waals surface area contributed by atoms with E-state index in [1.54, 1.807) is 0 Å². The van der Waals surface area contributed by atoms with Gasteiger partial charge in [0.15, 0.2) is 9.92 Å². The van der Waals surface area contributed by atoms with Gasteiger partial charge in [-0.3, -0.25) is 0 Å². The number of hydrogen-bond acceptors (Lipinski definition) is 7. The van der Waals surface area contributed by atoms with Crippen LogP contribution in [-0.2, 0) is 52.4 Å². The van der Waals surface area contributed by atoms with Gasteiger partial charge >= 0.3 is 12.1 Å². The van der Waals surface area contributed by atoms with Gasteiger partial charge in [0.25, 0.3) is 0 Å². The fourth-order valence-electron chi connectivity index (χ4n) is 8.26. The fourth-order valence-corrected chi connectivity index (χ4v) is 10.0. The summed E-state index contributed by atoms with van der Waals surface area (Å²) in [6.07, 6.45) is 6.38. The van der Waals surface area contributed by atoms with Crippen molar-refractivity contribution in [1.29, 1.82) is 4.78 Å². The maximum atomic E-state index is 15.9. The summed E-state index contributed by atoms with van der Waals surface area (Å²) in [7, 11) is -2.79. The van der Waals surface area contributed by atoms with Crippen molar-refractivity contribution < 1.29 is 23.3 Å². The van der Waals surface area contributed by atoms with Crippen LogP contribution < -0.4 is 15.4 Å². The molecule has 0 saturated carbocycles. The molecule has 2 aliphatic carbocycles. The van der Waals surface area contributed by atoms with Gasteiger partial charge in [0.2, 0.25) is 5.88 Å². The second-order valence-electron chi connectivity index (χ2n) is 13.8. The highest BCUT2D eigenvalue weighted by Gasteiger charge is 2.51. The first-order chi connectivity index (χ1) is 25.8. The summed E-state index contributed by atoms with van der Waals surface area (Å²) >= 11 is 0. The summed E-state index contributed by atoms with van der Waals surface area (Å²) in [5.41, 5.74) is 5.93. The number of rotatable bonds is 9. The summed E-state index contributed by atoms with van der Waals surface area (Å²) in [6, 6.07) is 30.1. The van der Waals surface area contributed by atoms with Gasteiger partial charge < -0.3 is 20.1 Å². The molecule has 272 valence electrons. The number of amides is 3. The zero-order chi connectivity index (χ0) is 36.6. The number of carbonyl (C=O) groups is 2. The molecule has 8 rings (SSSR count). The van der Waals surface area contributed by atoms with Gasteiger partial charge in [-0.2, -0.15) is 5.10 Å². The Morgan fingerprint density at radius 1 is 0.906 bits per heavy atom. The third-order valence-corrected chi connectivity index (χ3v) is 12.5. The number of benzene rings is 4. The number of nitrogens with zero attached hydrogens (tertiary/aromatic N) is 3. The van der Waals surface area contributed by atoms with Crippen LogP contribution in [-0.4, -0.2) is 50.7 Å². The monoisotopic (exact) mass is 730 g/mol. The van der Waals surface area contributed by atoms with Crippen molar-refractivity contribution in [3.8, 4) is 5.88 Å². The summed E-state index contributed by atoms with van der Waals surface area (Å²) in [4.78, 5) is 27.4. The zero-order valence-electron chi connectivity index (χ0n) is 29.5. The first-order valence-electron chi connectivity index (χ1n) is 18.1. The Morgan fingerprint density at radius 2 is 1.45 bits per heavy atom. The lowest BCUT2D eigenvalue weighted by atomic mass is 9.77. The Labute approximate surface area is 309 Å². The molecule has 0 bridgehead atoms. The van der Waals surface area contributed by atoms with Gasteiger partial charge in [0, 0.05) is 18.7 Å². The Balaban J connectivity index is 1.34. The van der Waals surface area contributed by atoms with E-state index in [2.05, 4.69) is 21.8 Å². The van der Waals surface area contributed by atoms with E-state index in [1.165, 1.54) is 33.4 Å². The van der Waals surface area contributed by atoms with Crippen LogP contribution in [0, 0.1) is 10.7 Å². The molecule has 2 heterocycles. The lowest BCUT2D eigenvalue weighted by Gasteiger charge is -2.45. The molecule has 3 amide bonds. The summed E-state index contributed by atoms with van der Waals surface area (Å²) < 4.78 is 40.3. The van der Waals surface area contributed by atoms with Crippen molar-refractivity contribution in [3.05, 3.63) is 142 Å². The van der Waals surface area contributed by atoms with Crippen LogP contribution >= 0.6 is 0 Å². The van der Waals surface area contributed by atoms with Crippen LogP contribution in [0.4, 0.5) is 15.3 Å². The van der Waals surface area contributed by atoms with Gasteiger partial charge in [-0.25, -0.2) is 27.6 Å². The summed E-state index contributed by atoms with van der Waals surface area (Å²) in [5.74, 6) is -0.0865. The van der Waals surface area contributed by atoms with Crippen LogP contribution in [0.25, 0.3) is 0 Å². The number of carbonyl (C=O) groups excluding carboxylic acids is 2. The van der Waals surface area contributed by atoms with E-state index in [0.29, 0.717) is 23.2 Å². The molecule has 5 aromatic rings. The minimum Gasteiger partial charge on any atom is -0.476 e. The summed E-state index contributed by atoms with van der Waals surface area (Å²) in [5, 5.41) is 10.3. The van der Waals surface area contributed by atoms with E-state index < -0.39 is 27.6 Å². The SMILES string of the molecule is CNC(=O)OCC1COc2c(S(=N)(=O)N(C(=O)Nc3c4c(cc5c3CCC5)CCC4)C(c3ccccc3)(c3ccccc3)c3ccccc3)cnn2C1. The molecule has 4 aromatic carbocycles. The van der Waals surface area contributed by atoms with E-state index in [0.717, 1.165) is 55.3 Å². The Kier molecular flexibility index (Phi) is 9.15. The highest BCUT2D eigenvalue weighted by molar-refractivity contribution is 7.90. The zero-order valence-corrected chi connectivity index (χ0v) is 30.4. The molecule has 2 unspecified atom stereocenters. The number of anilines is 1. The Bertz CT molecular complexity index is 2130. The van der Waals surface area contributed by atoms with Gasteiger partial charge in [-0.1, -0.05) is 97.1 Å². The minimum atomic E-state index is -4.28. The van der Waals surface area contributed by atoms with Crippen molar-refractivity contribution in [3.63, 3.8) is 0 Å². The fraction of sp³-hybridized carbons (Fsp3) is 0.293. The van der Waals surface area contributed by atoms with E-state index in [1.807, 2.05) is 91.0 Å². The van der Waals surface area contributed by atoms with Crippen LogP contribution in [0.5, 0.6) is 5.88 Å². The molecule has 2 atom stereocenters. The molecule has 1 aromatic heterocycles. The summed E-state index contributed by atoms with van der Waals surface area (Å²) in [6.45, 7) is 0.530.